The Kier molecular flexibility index (Phi) is 10.6. The summed E-state index contributed by atoms with van der Waals surface area (Å²) in [6.07, 6.45) is 5.20. The molecule has 27 heavy (non-hydrogen) atoms. The first-order chi connectivity index (χ1) is 13.0. The van der Waals surface area contributed by atoms with Gasteiger partial charge in [0.05, 0.1) is 0 Å². The van der Waals surface area contributed by atoms with Crippen LogP contribution in [0.1, 0.15) is 90.9 Å². The van der Waals surface area contributed by atoms with Crippen molar-refractivity contribution in [3.8, 4) is 0 Å². The lowest BCUT2D eigenvalue weighted by Crippen LogP contribution is -2.35. The number of unbranched alkanes of at least 4 members (excludes halogenated alkanes) is 3. The minimum absolute atomic E-state index is 0.176. The lowest BCUT2D eigenvalue weighted by molar-refractivity contribution is 0.0902. The minimum Gasteiger partial charge on any atom is -0.351 e. The maximum absolute atomic E-state index is 12.5. The van der Waals surface area contributed by atoms with Crippen LogP contribution in [0.3, 0.4) is 0 Å². The molecule has 9 heteroatoms. The van der Waals surface area contributed by atoms with Gasteiger partial charge in [-0.2, -0.15) is 0 Å². The highest BCUT2D eigenvalue weighted by molar-refractivity contribution is 6.05. The van der Waals surface area contributed by atoms with Crippen molar-refractivity contribution in [3.63, 3.8) is 0 Å². The lowest BCUT2D eigenvalue weighted by Gasteiger charge is -2.10. The fourth-order valence-corrected chi connectivity index (χ4v) is 2.12. The van der Waals surface area contributed by atoms with E-state index < -0.39 is 17.7 Å². The van der Waals surface area contributed by atoms with Crippen molar-refractivity contribution < 1.29 is 14.4 Å². The molecule has 0 atom stereocenters. The molecule has 0 aliphatic carbocycles. The van der Waals surface area contributed by atoms with Crippen LogP contribution < -0.4 is 16.0 Å². The van der Waals surface area contributed by atoms with Gasteiger partial charge in [0, 0.05) is 19.6 Å². The zero-order valence-electron chi connectivity index (χ0n) is 16.4. The van der Waals surface area contributed by atoms with Crippen LogP contribution in [0.4, 0.5) is 0 Å². The topological polar surface area (TPSA) is 126 Å². The lowest BCUT2D eigenvalue weighted by atomic mass is 10.2. The molecular weight excluding hydrogens is 348 g/mol. The molecule has 9 nitrogen and oxygen atoms in total. The van der Waals surface area contributed by atoms with Gasteiger partial charge < -0.3 is 16.0 Å². The SMILES string of the molecule is CCCCNC(=O)c1nnc(C(=O)NCCCC)c(C(=O)NCCCC)n1. The predicted octanol–water partition coefficient (Wildman–Crippen LogP) is 1.46. The highest BCUT2D eigenvalue weighted by Gasteiger charge is 2.24. The molecule has 0 aliphatic heterocycles. The summed E-state index contributed by atoms with van der Waals surface area (Å²) in [5, 5.41) is 15.6. The molecule has 0 bridgehead atoms. The molecule has 1 heterocycles. The van der Waals surface area contributed by atoms with Crippen LogP contribution in [0, 0.1) is 0 Å². The first-order valence-corrected chi connectivity index (χ1v) is 9.64. The van der Waals surface area contributed by atoms with Gasteiger partial charge >= 0.3 is 0 Å². The Morgan fingerprint density at radius 3 is 1.59 bits per heavy atom. The fourth-order valence-electron chi connectivity index (χ4n) is 2.12. The van der Waals surface area contributed by atoms with Crippen molar-refractivity contribution in [1.29, 1.82) is 0 Å². The van der Waals surface area contributed by atoms with Gasteiger partial charge in [0.25, 0.3) is 17.7 Å². The monoisotopic (exact) mass is 378 g/mol. The minimum atomic E-state index is -0.540. The molecule has 0 saturated heterocycles. The zero-order valence-corrected chi connectivity index (χ0v) is 16.4. The van der Waals surface area contributed by atoms with Crippen LogP contribution in [0.5, 0.6) is 0 Å². The van der Waals surface area contributed by atoms with Crippen molar-refractivity contribution >= 4 is 17.7 Å². The van der Waals surface area contributed by atoms with E-state index in [2.05, 4.69) is 31.1 Å². The van der Waals surface area contributed by atoms with Gasteiger partial charge in [-0.25, -0.2) is 4.98 Å². The Labute approximate surface area is 160 Å². The zero-order chi connectivity index (χ0) is 20.1. The van der Waals surface area contributed by atoms with Crippen molar-refractivity contribution in [2.45, 2.75) is 59.3 Å². The van der Waals surface area contributed by atoms with Crippen LogP contribution in [0.25, 0.3) is 0 Å². The molecule has 150 valence electrons. The molecule has 0 fully saturated rings. The van der Waals surface area contributed by atoms with Crippen molar-refractivity contribution in [2.75, 3.05) is 19.6 Å². The molecule has 0 unspecified atom stereocenters. The van der Waals surface area contributed by atoms with Crippen molar-refractivity contribution in [3.05, 3.63) is 17.2 Å². The van der Waals surface area contributed by atoms with E-state index in [0.717, 1.165) is 38.5 Å². The van der Waals surface area contributed by atoms with Gasteiger partial charge in [-0.1, -0.05) is 40.0 Å². The molecule has 0 radical (unpaired) electrons. The average Bonchev–Trinajstić information content (AvgIpc) is 2.67. The first-order valence-electron chi connectivity index (χ1n) is 9.64. The van der Waals surface area contributed by atoms with E-state index in [1.54, 1.807) is 0 Å². The van der Waals surface area contributed by atoms with Gasteiger partial charge in [0.1, 0.15) is 0 Å². The second-order valence-electron chi connectivity index (χ2n) is 6.16. The van der Waals surface area contributed by atoms with E-state index in [1.165, 1.54) is 0 Å². The fraction of sp³-hybridized carbons (Fsp3) is 0.667. The summed E-state index contributed by atoms with van der Waals surface area (Å²) in [6, 6.07) is 0. The molecule has 3 amide bonds. The highest BCUT2D eigenvalue weighted by Crippen LogP contribution is 2.04. The molecule has 0 spiro atoms. The number of aromatic nitrogens is 3. The quantitative estimate of drug-likeness (QED) is 0.473. The molecule has 3 N–H and O–H groups in total. The number of carbonyl (C=O) groups is 3. The van der Waals surface area contributed by atoms with Crippen LogP contribution in [0.2, 0.25) is 0 Å². The molecule has 0 aliphatic rings. The maximum Gasteiger partial charge on any atom is 0.291 e. The molecule has 0 aromatic carbocycles. The summed E-state index contributed by atoms with van der Waals surface area (Å²) < 4.78 is 0. The van der Waals surface area contributed by atoms with Crippen LogP contribution in [0.15, 0.2) is 0 Å². The summed E-state index contributed by atoms with van der Waals surface area (Å²) in [7, 11) is 0. The molecule has 1 rings (SSSR count). The maximum atomic E-state index is 12.5. The normalized spacial score (nSPS) is 10.3. The van der Waals surface area contributed by atoms with Crippen LogP contribution in [-0.2, 0) is 0 Å². The Morgan fingerprint density at radius 1 is 0.667 bits per heavy atom. The van der Waals surface area contributed by atoms with E-state index in [4.69, 9.17) is 0 Å². The summed E-state index contributed by atoms with van der Waals surface area (Å²) in [5.74, 6) is -1.81. The number of hydrogen-bond acceptors (Lipinski definition) is 6. The van der Waals surface area contributed by atoms with Crippen molar-refractivity contribution in [2.24, 2.45) is 0 Å². The van der Waals surface area contributed by atoms with E-state index in [1.807, 2.05) is 20.8 Å². The summed E-state index contributed by atoms with van der Waals surface area (Å²) in [4.78, 5) is 40.9. The highest BCUT2D eigenvalue weighted by atomic mass is 16.2. The van der Waals surface area contributed by atoms with Gasteiger partial charge in [0.15, 0.2) is 11.4 Å². The Morgan fingerprint density at radius 2 is 1.11 bits per heavy atom. The Bertz CT molecular complexity index is 636. The van der Waals surface area contributed by atoms with Gasteiger partial charge in [0.2, 0.25) is 5.82 Å². The van der Waals surface area contributed by atoms with E-state index in [0.29, 0.717) is 19.6 Å². The second kappa shape index (κ2) is 12.7. The van der Waals surface area contributed by atoms with Crippen molar-refractivity contribution in [1.82, 2.24) is 31.1 Å². The third-order valence-electron chi connectivity index (χ3n) is 3.77. The number of nitrogens with zero attached hydrogens (tertiary/aromatic N) is 3. The summed E-state index contributed by atoms with van der Waals surface area (Å²) in [5.41, 5.74) is -0.360. The van der Waals surface area contributed by atoms with Gasteiger partial charge in [-0.15, -0.1) is 10.2 Å². The second-order valence-corrected chi connectivity index (χ2v) is 6.16. The first kappa shape index (κ1) is 22.5. The molecule has 1 aromatic rings. The summed E-state index contributed by atoms with van der Waals surface area (Å²) in [6.45, 7) is 7.42. The predicted molar refractivity (Wildman–Crippen MR) is 102 cm³/mol. The van der Waals surface area contributed by atoms with E-state index in [9.17, 15) is 14.4 Å². The molecular formula is C18H30N6O3. The number of hydrogen-bond donors (Lipinski definition) is 3. The average molecular weight is 378 g/mol. The third kappa shape index (κ3) is 7.67. The van der Waals surface area contributed by atoms with E-state index in [-0.39, 0.29) is 17.2 Å². The Hall–Kier alpha value is -2.58. The standard InChI is InChI=1S/C18H30N6O3/c1-4-7-10-19-16(25)13-14(17(26)20-11-8-5-2)23-24-15(22-13)18(27)21-12-9-6-3/h4-12H2,1-3H3,(H,19,25)(H,20,26)(H,21,27). The smallest absolute Gasteiger partial charge is 0.291 e. The summed E-state index contributed by atoms with van der Waals surface area (Å²) >= 11 is 0. The van der Waals surface area contributed by atoms with Gasteiger partial charge in [-0.05, 0) is 19.3 Å². The number of amides is 3. The largest absolute Gasteiger partial charge is 0.351 e. The molecule has 0 saturated carbocycles. The van der Waals surface area contributed by atoms with Crippen LogP contribution in [-0.4, -0.2) is 52.5 Å². The molecule has 1 aromatic heterocycles. The van der Waals surface area contributed by atoms with Crippen LogP contribution >= 0.6 is 0 Å². The number of rotatable bonds is 12. The Balaban J connectivity index is 3.01. The number of carbonyl (C=O) groups excluding carboxylic acids is 3. The third-order valence-corrected chi connectivity index (χ3v) is 3.77. The van der Waals surface area contributed by atoms with E-state index >= 15 is 0 Å². The number of nitrogens with one attached hydrogen (secondary N) is 3. The van der Waals surface area contributed by atoms with Gasteiger partial charge in [-0.3, -0.25) is 14.4 Å².